The van der Waals surface area contributed by atoms with E-state index in [1.54, 1.807) is 0 Å². The maximum Gasteiger partial charge on any atom is 0.305 e. The maximum absolute atomic E-state index is 13.6. The second-order valence-electron chi connectivity index (χ2n) is 9.78. The van der Waals surface area contributed by atoms with Crippen molar-refractivity contribution in [3.05, 3.63) is 47.4 Å². The van der Waals surface area contributed by atoms with Crippen molar-refractivity contribution in [2.75, 3.05) is 17.1 Å². The molecule has 10 nitrogen and oxygen atoms in total. The Morgan fingerprint density at radius 3 is 2.27 bits per heavy atom. The minimum absolute atomic E-state index is 0.151. The smallest absolute Gasteiger partial charge is 0.305 e. The van der Waals surface area contributed by atoms with E-state index in [-0.39, 0.29) is 24.0 Å². The van der Waals surface area contributed by atoms with E-state index in [1.807, 2.05) is 13.8 Å². The molecule has 37 heavy (non-hydrogen) atoms. The fourth-order valence-electron chi connectivity index (χ4n) is 3.56. The van der Waals surface area contributed by atoms with Gasteiger partial charge in [0.05, 0.1) is 41.4 Å². The van der Waals surface area contributed by atoms with Crippen molar-refractivity contribution in [3.63, 3.8) is 0 Å². The summed E-state index contributed by atoms with van der Waals surface area (Å²) >= 11 is 0. The van der Waals surface area contributed by atoms with Crippen LogP contribution in [0.25, 0.3) is 17.3 Å². The molecule has 0 bridgehead atoms. The predicted octanol–water partition coefficient (Wildman–Crippen LogP) is 2.54. The van der Waals surface area contributed by atoms with E-state index in [2.05, 4.69) is 9.97 Å². The average Bonchev–Trinajstić information content (AvgIpc) is 2.74. The first-order valence-electron chi connectivity index (χ1n) is 11.6. The van der Waals surface area contributed by atoms with Crippen molar-refractivity contribution in [1.82, 2.24) is 9.97 Å². The summed E-state index contributed by atoms with van der Waals surface area (Å²) in [5, 5.41) is 39.0. The van der Waals surface area contributed by atoms with Crippen molar-refractivity contribution in [2.24, 2.45) is 0 Å². The molecular weight excluding hydrogens is 505 g/mol. The topological polar surface area (TPSA) is 161 Å². The molecule has 0 saturated heterocycles. The van der Waals surface area contributed by atoms with Crippen LogP contribution < -0.4 is 4.31 Å². The predicted molar refractivity (Wildman–Crippen MR) is 138 cm³/mol. The Morgan fingerprint density at radius 2 is 1.76 bits per heavy atom. The van der Waals surface area contributed by atoms with Crippen molar-refractivity contribution >= 4 is 28.0 Å². The number of aliphatic hydroxyl groups excluding tert-OH is 2. The fourth-order valence-corrected chi connectivity index (χ4v) is 4.98. The van der Waals surface area contributed by atoms with Gasteiger partial charge in [-0.2, -0.15) is 0 Å². The molecule has 1 aromatic heterocycles. The normalized spacial score (nSPS) is 14.2. The van der Waals surface area contributed by atoms with Crippen molar-refractivity contribution < 1.29 is 38.0 Å². The Hall–Kier alpha value is -2.93. The molecule has 0 amide bonds. The minimum Gasteiger partial charge on any atom is -0.481 e. The van der Waals surface area contributed by atoms with E-state index in [4.69, 9.17) is 5.11 Å². The van der Waals surface area contributed by atoms with E-state index >= 15 is 0 Å². The number of anilines is 1. The third-order valence-corrected chi connectivity index (χ3v) is 7.34. The van der Waals surface area contributed by atoms with E-state index in [9.17, 15) is 32.9 Å². The zero-order valence-electron chi connectivity index (χ0n) is 21.5. The molecule has 0 aliphatic heterocycles. The molecule has 1 aromatic carbocycles. The molecule has 1 heterocycles. The molecule has 0 spiro atoms. The van der Waals surface area contributed by atoms with Gasteiger partial charge in [0.15, 0.2) is 0 Å². The van der Waals surface area contributed by atoms with Crippen LogP contribution in [0.2, 0.25) is 0 Å². The second kappa shape index (κ2) is 12.1. The number of rotatable bonds is 12. The molecule has 0 radical (unpaired) electrons. The van der Waals surface area contributed by atoms with Gasteiger partial charge in [-0.05, 0) is 44.0 Å². The zero-order chi connectivity index (χ0) is 28.1. The van der Waals surface area contributed by atoms with Crippen LogP contribution in [-0.4, -0.2) is 75.4 Å². The maximum atomic E-state index is 13.6. The molecule has 2 rings (SSSR count). The van der Waals surface area contributed by atoms with Crippen LogP contribution in [0.4, 0.5) is 10.3 Å². The van der Waals surface area contributed by atoms with Crippen LogP contribution in [0.3, 0.4) is 0 Å². The largest absolute Gasteiger partial charge is 0.481 e. The molecule has 4 N–H and O–H groups in total. The molecule has 2 aromatic rings. The number of carboxylic acid groups (broad SMARTS) is 1. The average molecular weight is 540 g/mol. The van der Waals surface area contributed by atoms with Gasteiger partial charge in [0.2, 0.25) is 16.0 Å². The molecule has 0 aliphatic carbocycles. The lowest BCUT2D eigenvalue weighted by molar-refractivity contribution is -0.139. The Balaban J connectivity index is 2.64. The quantitative estimate of drug-likeness (QED) is 0.318. The Morgan fingerprint density at radius 1 is 1.16 bits per heavy atom. The van der Waals surface area contributed by atoms with Gasteiger partial charge in [0, 0.05) is 24.6 Å². The van der Waals surface area contributed by atoms with Gasteiger partial charge in [0.1, 0.15) is 5.82 Å². The van der Waals surface area contributed by atoms with Gasteiger partial charge in [-0.15, -0.1) is 0 Å². The van der Waals surface area contributed by atoms with E-state index in [1.165, 1.54) is 57.3 Å². The number of halogens is 1. The highest BCUT2D eigenvalue weighted by molar-refractivity contribution is 7.92. The van der Waals surface area contributed by atoms with Gasteiger partial charge < -0.3 is 20.4 Å². The van der Waals surface area contributed by atoms with Gasteiger partial charge >= 0.3 is 5.97 Å². The summed E-state index contributed by atoms with van der Waals surface area (Å²) in [6.07, 6.45) is -0.316. The number of aliphatic hydroxyl groups is 3. The number of aromatic nitrogens is 2. The van der Waals surface area contributed by atoms with Crippen LogP contribution in [0.5, 0.6) is 0 Å². The molecule has 0 aliphatic rings. The minimum atomic E-state index is -4.02. The number of carbonyl (C=O) groups is 1. The highest BCUT2D eigenvalue weighted by atomic mass is 32.2. The number of nitrogens with zero attached hydrogens (tertiary/aromatic N) is 3. The lowest BCUT2D eigenvalue weighted by Crippen LogP contribution is -2.39. The molecular formula is C25H34FN3O7S. The monoisotopic (exact) mass is 539 g/mol. The number of carboxylic acids is 1. The van der Waals surface area contributed by atoms with Crippen LogP contribution in [0.1, 0.15) is 57.7 Å². The van der Waals surface area contributed by atoms with Gasteiger partial charge in [-0.3, -0.25) is 4.79 Å². The molecule has 0 fully saturated rings. The van der Waals surface area contributed by atoms with Crippen molar-refractivity contribution in [2.45, 2.75) is 64.3 Å². The van der Waals surface area contributed by atoms with Gasteiger partial charge in [-0.1, -0.05) is 26.0 Å². The summed E-state index contributed by atoms with van der Waals surface area (Å²) in [7, 11) is -2.74. The van der Waals surface area contributed by atoms with E-state index < -0.39 is 51.8 Å². The number of aliphatic carboxylic acids is 1. The first kappa shape index (κ1) is 30.3. The van der Waals surface area contributed by atoms with Gasteiger partial charge in [0.25, 0.3) is 0 Å². The first-order chi connectivity index (χ1) is 17.0. The van der Waals surface area contributed by atoms with E-state index in [0.29, 0.717) is 16.8 Å². The van der Waals surface area contributed by atoms with Crippen LogP contribution in [0.15, 0.2) is 30.3 Å². The SMILES string of the molecule is CC(C)c1nc(N(C)S(=O)(=O)CC(C)(C)O)nc(-c2ccc(F)cc2)c1C=CC(O)CC(O)CC(=O)O. The highest BCUT2D eigenvalue weighted by Gasteiger charge is 2.30. The second-order valence-corrected chi connectivity index (χ2v) is 11.8. The molecule has 12 heteroatoms. The molecule has 0 saturated carbocycles. The molecule has 204 valence electrons. The molecule has 2 unspecified atom stereocenters. The van der Waals surface area contributed by atoms with Crippen LogP contribution in [0, 0.1) is 5.82 Å². The number of benzene rings is 1. The summed E-state index contributed by atoms with van der Waals surface area (Å²) in [6, 6.07) is 5.40. The number of sulfonamides is 1. The summed E-state index contributed by atoms with van der Waals surface area (Å²) in [6.45, 7) is 6.40. The lowest BCUT2D eigenvalue weighted by atomic mass is 9.97. The fraction of sp³-hybridized carbons (Fsp3) is 0.480. The lowest BCUT2D eigenvalue weighted by Gasteiger charge is -2.25. The number of hydrogen-bond acceptors (Lipinski definition) is 8. The van der Waals surface area contributed by atoms with Crippen molar-refractivity contribution in [3.8, 4) is 11.3 Å². The Kier molecular flexibility index (Phi) is 9.89. The standard InChI is InChI=1S/C25H34FN3O7S/c1-15(2)22-20(11-10-18(30)12-19(31)13-21(32)33)23(16-6-8-17(26)9-7-16)28-24(27-22)29(5)37(35,36)14-25(3,4)34/h6-11,15,18-19,30-31,34H,12-14H2,1-5H3,(H,32,33). The highest BCUT2D eigenvalue weighted by Crippen LogP contribution is 2.32. The summed E-state index contributed by atoms with van der Waals surface area (Å²) in [5.74, 6) is -2.64. The van der Waals surface area contributed by atoms with Crippen molar-refractivity contribution in [1.29, 1.82) is 0 Å². The first-order valence-corrected chi connectivity index (χ1v) is 13.2. The third kappa shape index (κ3) is 8.85. The Bertz CT molecular complexity index is 1230. The number of hydrogen-bond donors (Lipinski definition) is 4. The third-order valence-electron chi connectivity index (χ3n) is 5.27. The zero-order valence-corrected chi connectivity index (χ0v) is 22.3. The summed E-state index contributed by atoms with van der Waals surface area (Å²) in [5.41, 5.74) is 0.0982. The summed E-state index contributed by atoms with van der Waals surface area (Å²) in [4.78, 5) is 19.7. The Labute approximate surface area is 216 Å². The summed E-state index contributed by atoms with van der Waals surface area (Å²) < 4.78 is 40.4. The van der Waals surface area contributed by atoms with Crippen LogP contribution in [-0.2, 0) is 14.8 Å². The van der Waals surface area contributed by atoms with E-state index in [0.717, 1.165) is 4.31 Å². The van der Waals surface area contributed by atoms with Crippen LogP contribution >= 0.6 is 0 Å². The molecule has 2 atom stereocenters. The van der Waals surface area contributed by atoms with Gasteiger partial charge in [-0.25, -0.2) is 27.1 Å².